The van der Waals surface area contributed by atoms with E-state index < -0.39 is 6.10 Å². The van der Waals surface area contributed by atoms with E-state index >= 15 is 0 Å². The molecule has 1 heterocycles. The standard InChI is InChI=1S/C17H18N2O3/c1-3-22-13-8-9-14-15(10-13)19-17(18-14)16(20)11-4-6-12(21-2)7-5-11/h4-10,16,20H,3H2,1-2H3,(H,18,19). The number of hydrogen-bond acceptors (Lipinski definition) is 4. The van der Waals surface area contributed by atoms with E-state index in [1.165, 1.54) is 0 Å². The number of hydrogen-bond donors (Lipinski definition) is 2. The van der Waals surface area contributed by atoms with Gasteiger partial charge in [-0.1, -0.05) is 12.1 Å². The van der Waals surface area contributed by atoms with Crippen molar-refractivity contribution in [1.29, 1.82) is 0 Å². The van der Waals surface area contributed by atoms with Gasteiger partial charge in [0.1, 0.15) is 23.4 Å². The summed E-state index contributed by atoms with van der Waals surface area (Å²) in [4.78, 5) is 7.60. The smallest absolute Gasteiger partial charge is 0.140 e. The Morgan fingerprint density at radius 3 is 2.55 bits per heavy atom. The highest BCUT2D eigenvalue weighted by Gasteiger charge is 2.15. The van der Waals surface area contributed by atoms with Crippen LogP contribution in [0.4, 0.5) is 0 Å². The van der Waals surface area contributed by atoms with Gasteiger partial charge in [0.2, 0.25) is 0 Å². The van der Waals surface area contributed by atoms with Gasteiger partial charge in [-0.25, -0.2) is 4.98 Å². The van der Waals surface area contributed by atoms with Gasteiger partial charge in [-0.05, 0) is 36.8 Å². The molecule has 1 unspecified atom stereocenters. The average Bonchev–Trinajstić information content (AvgIpc) is 2.98. The zero-order chi connectivity index (χ0) is 15.5. The molecule has 0 radical (unpaired) electrons. The normalized spacial score (nSPS) is 12.3. The topological polar surface area (TPSA) is 67.4 Å². The van der Waals surface area contributed by atoms with Crippen LogP contribution in [0.5, 0.6) is 11.5 Å². The van der Waals surface area contributed by atoms with E-state index in [1.54, 1.807) is 7.11 Å². The Morgan fingerprint density at radius 1 is 1.14 bits per heavy atom. The second-order valence-corrected chi connectivity index (χ2v) is 4.91. The number of imidazole rings is 1. The van der Waals surface area contributed by atoms with Gasteiger partial charge in [0.05, 0.1) is 24.8 Å². The van der Waals surface area contributed by atoms with Gasteiger partial charge in [0.25, 0.3) is 0 Å². The van der Waals surface area contributed by atoms with Gasteiger partial charge in [-0.3, -0.25) is 0 Å². The third-order valence-electron chi connectivity index (χ3n) is 3.47. The highest BCUT2D eigenvalue weighted by Crippen LogP contribution is 2.25. The summed E-state index contributed by atoms with van der Waals surface area (Å²) in [6, 6.07) is 12.9. The van der Waals surface area contributed by atoms with Crippen molar-refractivity contribution in [3.63, 3.8) is 0 Å². The Labute approximate surface area is 128 Å². The summed E-state index contributed by atoms with van der Waals surface area (Å²) in [5.74, 6) is 2.03. The number of ether oxygens (including phenoxy) is 2. The molecule has 3 rings (SSSR count). The molecular weight excluding hydrogens is 280 g/mol. The third kappa shape index (κ3) is 2.76. The van der Waals surface area contributed by atoms with Gasteiger partial charge >= 0.3 is 0 Å². The summed E-state index contributed by atoms with van der Waals surface area (Å²) in [5, 5.41) is 10.5. The van der Waals surface area contributed by atoms with E-state index in [9.17, 15) is 5.11 Å². The summed E-state index contributed by atoms with van der Waals surface area (Å²) < 4.78 is 10.6. The van der Waals surface area contributed by atoms with E-state index in [2.05, 4.69) is 9.97 Å². The first kappa shape index (κ1) is 14.4. The summed E-state index contributed by atoms with van der Waals surface area (Å²) >= 11 is 0. The Kier molecular flexibility index (Phi) is 3.98. The van der Waals surface area contributed by atoms with Crippen molar-refractivity contribution < 1.29 is 14.6 Å². The van der Waals surface area contributed by atoms with E-state index in [4.69, 9.17) is 9.47 Å². The molecule has 5 nitrogen and oxygen atoms in total. The van der Waals surface area contributed by atoms with Crippen LogP contribution in [0.1, 0.15) is 24.4 Å². The van der Waals surface area contributed by atoms with Crippen LogP contribution in [0.15, 0.2) is 42.5 Å². The van der Waals surface area contributed by atoms with Crippen molar-refractivity contribution in [3.05, 3.63) is 53.9 Å². The maximum absolute atomic E-state index is 10.5. The first-order valence-electron chi connectivity index (χ1n) is 7.15. The number of aliphatic hydroxyl groups is 1. The van der Waals surface area contributed by atoms with Gasteiger partial charge < -0.3 is 19.6 Å². The second-order valence-electron chi connectivity index (χ2n) is 4.91. The van der Waals surface area contributed by atoms with Crippen LogP contribution in [0.25, 0.3) is 11.0 Å². The van der Waals surface area contributed by atoms with Gasteiger partial charge in [0, 0.05) is 6.07 Å². The predicted molar refractivity (Wildman–Crippen MR) is 84.3 cm³/mol. The summed E-state index contributed by atoms with van der Waals surface area (Å²) in [5.41, 5.74) is 2.39. The molecule has 5 heteroatoms. The van der Waals surface area contributed by atoms with Crippen molar-refractivity contribution in [2.24, 2.45) is 0 Å². The Morgan fingerprint density at radius 2 is 1.86 bits per heavy atom. The van der Waals surface area contributed by atoms with E-state index in [-0.39, 0.29) is 0 Å². The lowest BCUT2D eigenvalue weighted by molar-refractivity contribution is 0.211. The fourth-order valence-electron chi connectivity index (χ4n) is 2.34. The summed E-state index contributed by atoms with van der Waals surface area (Å²) in [6.07, 6.45) is -0.811. The monoisotopic (exact) mass is 298 g/mol. The number of aromatic nitrogens is 2. The largest absolute Gasteiger partial charge is 0.497 e. The van der Waals surface area contributed by atoms with Gasteiger partial charge in [-0.2, -0.15) is 0 Å². The first-order chi connectivity index (χ1) is 10.7. The lowest BCUT2D eigenvalue weighted by atomic mass is 10.1. The number of aliphatic hydroxyl groups excluding tert-OH is 1. The zero-order valence-corrected chi connectivity index (χ0v) is 12.5. The number of H-pyrrole nitrogens is 1. The molecule has 0 saturated carbocycles. The first-order valence-corrected chi connectivity index (χ1v) is 7.15. The van der Waals surface area contributed by atoms with E-state index in [0.717, 1.165) is 28.1 Å². The maximum atomic E-state index is 10.5. The number of rotatable bonds is 5. The molecule has 0 bridgehead atoms. The third-order valence-corrected chi connectivity index (χ3v) is 3.47. The SMILES string of the molecule is CCOc1ccc2[nH]c(C(O)c3ccc(OC)cc3)nc2c1. The lowest BCUT2D eigenvalue weighted by Gasteiger charge is -2.08. The van der Waals surface area contributed by atoms with Crippen molar-refractivity contribution >= 4 is 11.0 Å². The molecule has 2 N–H and O–H groups in total. The molecule has 22 heavy (non-hydrogen) atoms. The quantitative estimate of drug-likeness (QED) is 0.759. The molecule has 2 aromatic carbocycles. The number of benzene rings is 2. The minimum atomic E-state index is -0.811. The van der Waals surface area contributed by atoms with Crippen LogP contribution in [0.2, 0.25) is 0 Å². The van der Waals surface area contributed by atoms with Crippen LogP contribution in [-0.2, 0) is 0 Å². The fraction of sp³-hybridized carbons (Fsp3) is 0.235. The Hall–Kier alpha value is -2.53. The van der Waals surface area contributed by atoms with E-state index in [0.29, 0.717) is 12.4 Å². The average molecular weight is 298 g/mol. The van der Waals surface area contributed by atoms with Crippen molar-refractivity contribution in [2.45, 2.75) is 13.0 Å². The molecule has 1 aromatic heterocycles. The predicted octanol–water partition coefficient (Wildman–Crippen LogP) is 3.05. The highest BCUT2D eigenvalue weighted by atomic mass is 16.5. The number of nitrogens with zero attached hydrogens (tertiary/aromatic N) is 1. The van der Waals surface area contributed by atoms with E-state index in [1.807, 2.05) is 49.4 Å². The minimum absolute atomic E-state index is 0.508. The summed E-state index contributed by atoms with van der Waals surface area (Å²) in [6.45, 7) is 2.55. The Balaban J connectivity index is 1.90. The van der Waals surface area contributed by atoms with Gasteiger partial charge in [-0.15, -0.1) is 0 Å². The molecule has 3 aromatic rings. The summed E-state index contributed by atoms with van der Waals surface area (Å²) in [7, 11) is 1.61. The molecule has 114 valence electrons. The molecule has 0 saturated heterocycles. The van der Waals surface area contributed by atoms with Crippen LogP contribution < -0.4 is 9.47 Å². The van der Waals surface area contributed by atoms with Crippen LogP contribution in [0, 0.1) is 0 Å². The molecule has 0 fully saturated rings. The molecule has 0 aliphatic rings. The number of methoxy groups -OCH3 is 1. The minimum Gasteiger partial charge on any atom is -0.497 e. The molecule has 0 aliphatic heterocycles. The molecule has 1 atom stereocenters. The molecular formula is C17H18N2O3. The molecule has 0 aliphatic carbocycles. The van der Waals surface area contributed by atoms with Crippen LogP contribution in [-0.4, -0.2) is 28.8 Å². The van der Waals surface area contributed by atoms with Crippen LogP contribution in [0.3, 0.4) is 0 Å². The zero-order valence-electron chi connectivity index (χ0n) is 12.5. The Bertz CT molecular complexity index is 765. The number of aromatic amines is 1. The number of fused-ring (bicyclic) bond motifs is 1. The van der Waals surface area contributed by atoms with Crippen molar-refractivity contribution in [1.82, 2.24) is 9.97 Å². The van der Waals surface area contributed by atoms with Gasteiger partial charge in [0.15, 0.2) is 0 Å². The highest BCUT2D eigenvalue weighted by molar-refractivity contribution is 5.77. The maximum Gasteiger partial charge on any atom is 0.140 e. The number of nitrogens with one attached hydrogen (secondary N) is 1. The van der Waals surface area contributed by atoms with Crippen molar-refractivity contribution in [3.8, 4) is 11.5 Å². The van der Waals surface area contributed by atoms with Crippen molar-refractivity contribution in [2.75, 3.05) is 13.7 Å². The molecule has 0 amide bonds. The lowest BCUT2D eigenvalue weighted by Crippen LogP contribution is -2.01. The second kappa shape index (κ2) is 6.07. The van der Waals surface area contributed by atoms with Crippen LogP contribution >= 0.6 is 0 Å². The fourth-order valence-corrected chi connectivity index (χ4v) is 2.34. The molecule has 0 spiro atoms.